The van der Waals surface area contributed by atoms with Crippen LogP contribution in [0, 0.1) is 11.9 Å². The minimum absolute atomic E-state index is 0.0444. The van der Waals surface area contributed by atoms with E-state index in [9.17, 15) is 14.0 Å². The van der Waals surface area contributed by atoms with Crippen molar-refractivity contribution in [2.24, 2.45) is 4.99 Å². The predicted molar refractivity (Wildman–Crippen MR) is 97.4 cm³/mol. The monoisotopic (exact) mass is 351 g/mol. The Morgan fingerprint density at radius 2 is 2.00 bits per heavy atom. The lowest BCUT2D eigenvalue weighted by Gasteiger charge is -2.26. The van der Waals surface area contributed by atoms with Gasteiger partial charge in [0, 0.05) is 0 Å². The second kappa shape index (κ2) is 7.20. The lowest BCUT2D eigenvalue weighted by atomic mass is 9.85. The Kier molecular flexibility index (Phi) is 4.98. The van der Waals surface area contributed by atoms with Gasteiger partial charge < -0.3 is 0 Å². The van der Waals surface area contributed by atoms with Crippen molar-refractivity contribution in [3.63, 3.8) is 0 Å². The molecule has 0 spiro atoms. The number of carbonyl (C=O) groups is 2. The fourth-order valence-corrected chi connectivity index (χ4v) is 3.38. The Hall–Kier alpha value is -2.82. The number of Topliss-reactive ketones (excluding diaryl/α,β-unsaturated/α-hetero) is 1. The third kappa shape index (κ3) is 3.05. The van der Waals surface area contributed by atoms with Crippen molar-refractivity contribution in [2.75, 3.05) is 6.54 Å². The summed E-state index contributed by atoms with van der Waals surface area (Å²) < 4.78 is 13.9. The zero-order valence-electron chi connectivity index (χ0n) is 14.8. The van der Waals surface area contributed by atoms with Gasteiger partial charge in [-0.05, 0) is 37.1 Å². The lowest BCUT2D eigenvalue weighted by Crippen LogP contribution is -2.43. The smallest absolute Gasteiger partial charge is 0.260 e. The van der Waals surface area contributed by atoms with Crippen LogP contribution in [0.15, 0.2) is 53.5 Å². The van der Waals surface area contributed by atoms with E-state index >= 15 is 0 Å². The SMILES string of the molecule is CCCC1(c2ccccc2)N=C(C)N(CC(=O)c2cc[c]cc2F)C1=O. The van der Waals surface area contributed by atoms with Gasteiger partial charge in [0.05, 0.1) is 12.1 Å². The van der Waals surface area contributed by atoms with Crippen LogP contribution in [0.5, 0.6) is 0 Å². The number of ketones is 1. The molecule has 0 bridgehead atoms. The molecule has 1 heterocycles. The van der Waals surface area contributed by atoms with Gasteiger partial charge in [-0.25, -0.2) is 4.39 Å². The Balaban J connectivity index is 1.92. The highest BCUT2D eigenvalue weighted by molar-refractivity contribution is 6.11. The van der Waals surface area contributed by atoms with E-state index < -0.39 is 17.1 Å². The molecular weight excluding hydrogens is 331 g/mol. The first-order valence-corrected chi connectivity index (χ1v) is 8.62. The topological polar surface area (TPSA) is 49.7 Å². The number of halogens is 1. The molecule has 5 heteroatoms. The Morgan fingerprint density at radius 3 is 2.65 bits per heavy atom. The van der Waals surface area contributed by atoms with Gasteiger partial charge in [-0.2, -0.15) is 0 Å². The van der Waals surface area contributed by atoms with Gasteiger partial charge in [-0.1, -0.05) is 49.7 Å². The maximum Gasteiger partial charge on any atom is 0.260 e. The van der Waals surface area contributed by atoms with Crippen molar-refractivity contribution in [2.45, 2.75) is 32.2 Å². The van der Waals surface area contributed by atoms with Crippen LogP contribution in [-0.2, 0) is 10.3 Å². The molecule has 0 saturated carbocycles. The highest BCUT2D eigenvalue weighted by Crippen LogP contribution is 2.38. The van der Waals surface area contributed by atoms with Gasteiger partial charge >= 0.3 is 0 Å². The van der Waals surface area contributed by atoms with E-state index in [0.717, 1.165) is 18.1 Å². The molecule has 1 amide bonds. The summed E-state index contributed by atoms with van der Waals surface area (Å²) in [6.07, 6.45) is 1.31. The standard InChI is InChI=1S/C21H20FN2O2/c1-3-13-21(16-9-5-4-6-10-16)20(26)24(15(2)23-21)14-19(25)17-11-7-8-12-18(17)22/h4-7,9-12H,3,13-14H2,1-2H3. The Labute approximate surface area is 152 Å². The summed E-state index contributed by atoms with van der Waals surface area (Å²) in [5.74, 6) is -0.857. The number of rotatable bonds is 6. The van der Waals surface area contributed by atoms with Gasteiger partial charge in [0.2, 0.25) is 0 Å². The molecule has 3 rings (SSSR count). The highest BCUT2D eigenvalue weighted by Gasteiger charge is 2.48. The van der Waals surface area contributed by atoms with Crippen molar-refractivity contribution < 1.29 is 14.0 Å². The molecular formula is C21H20FN2O2. The van der Waals surface area contributed by atoms with Crippen LogP contribution in [0.1, 0.15) is 42.6 Å². The molecule has 1 atom stereocenters. The molecule has 1 aliphatic rings. The predicted octanol–water partition coefficient (Wildman–Crippen LogP) is 3.76. The van der Waals surface area contributed by atoms with E-state index in [0.29, 0.717) is 12.3 Å². The van der Waals surface area contributed by atoms with Crippen LogP contribution in [0.4, 0.5) is 4.39 Å². The number of nitrogens with zero attached hydrogens (tertiary/aromatic N) is 2. The largest absolute Gasteiger partial charge is 0.292 e. The lowest BCUT2D eigenvalue weighted by molar-refractivity contribution is -0.131. The van der Waals surface area contributed by atoms with Crippen molar-refractivity contribution in [3.05, 3.63) is 71.5 Å². The normalized spacial score (nSPS) is 19.6. The minimum atomic E-state index is -1.01. The minimum Gasteiger partial charge on any atom is -0.292 e. The summed E-state index contributed by atoms with van der Waals surface area (Å²) in [5.41, 5.74) is -0.248. The average Bonchev–Trinajstić information content (AvgIpc) is 2.88. The number of amides is 1. The number of aliphatic imine (C=N–C) groups is 1. The number of hydrogen-bond donors (Lipinski definition) is 0. The van der Waals surface area contributed by atoms with E-state index in [2.05, 4.69) is 11.1 Å². The highest BCUT2D eigenvalue weighted by atomic mass is 19.1. The molecule has 2 aromatic carbocycles. The summed E-state index contributed by atoms with van der Waals surface area (Å²) in [6.45, 7) is 3.47. The number of carbonyl (C=O) groups excluding carboxylic acids is 2. The van der Waals surface area contributed by atoms with E-state index in [1.165, 1.54) is 17.0 Å². The van der Waals surface area contributed by atoms with Gasteiger partial charge in [-0.15, -0.1) is 0 Å². The molecule has 1 radical (unpaired) electrons. The molecule has 0 fully saturated rings. The second-order valence-electron chi connectivity index (χ2n) is 6.36. The van der Waals surface area contributed by atoms with E-state index in [1.807, 2.05) is 37.3 Å². The quantitative estimate of drug-likeness (QED) is 0.744. The van der Waals surface area contributed by atoms with E-state index in [-0.39, 0.29) is 18.0 Å². The van der Waals surface area contributed by atoms with E-state index in [4.69, 9.17) is 0 Å². The Morgan fingerprint density at radius 1 is 1.27 bits per heavy atom. The molecule has 0 aromatic heterocycles. The fourth-order valence-electron chi connectivity index (χ4n) is 3.38. The number of amidine groups is 1. The maximum atomic E-state index is 13.9. The van der Waals surface area contributed by atoms with Crippen LogP contribution in [-0.4, -0.2) is 29.0 Å². The Bertz CT molecular complexity index is 863. The van der Waals surface area contributed by atoms with Crippen molar-refractivity contribution in [3.8, 4) is 0 Å². The summed E-state index contributed by atoms with van der Waals surface area (Å²) in [5, 5.41) is 0. The third-order valence-electron chi connectivity index (χ3n) is 4.62. The zero-order valence-corrected chi connectivity index (χ0v) is 14.8. The van der Waals surface area contributed by atoms with E-state index in [1.54, 1.807) is 6.92 Å². The average molecular weight is 351 g/mol. The van der Waals surface area contributed by atoms with Crippen LogP contribution < -0.4 is 0 Å². The first kappa shape index (κ1) is 18.0. The first-order valence-electron chi connectivity index (χ1n) is 8.62. The van der Waals surface area contributed by atoms with Crippen molar-refractivity contribution >= 4 is 17.5 Å². The molecule has 0 aliphatic carbocycles. The fraction of sp³-hybridized carbons (Fsp3) is 0.286. The van der Waals surface area contributed by atoms with Crippen LogP contribution in [0.2, 0.25) is 0 Å². The number of hydrogen-bond acceptors (Lipinski definition) is 3. The summed E-state index contributed by atoms with van der Waals surface area (Å²) >= 11 is 0. The van der Waals surface area contributed by atoms with Gasteiger partial charge in [0.25, 0.3) is 5.91 Å². The molecule has 4 nitrogen and oxygen atoms in total. The third-order valence-corrected chi connectivity index (χ3v) is 4.62. The van der Waals surface area contributed by atoms with Gasteiger partial charge in [0.15, 0.2) is 11.3 Å². The molecule has 1 unspecified atom stereocenters. The second-order valence-corrected chi connectivity index (χ2v) is 6.36. The summed E-state index contributed by atoms with van der Waals surface area (Å²) in [4.78, 5) is 31.8. The van der Waals surface area contributed by atoms with Crippen LogP contribution >= 0.6 is 0 Å². The zero-order chi connectivity index (χ0) is 18.7. The molecule has 26 heavy (non-hydrogen) atoms. The van der Waals surface area contributed by atoms with Crippen molar-refractivity contribution in [1.29, 1.82) is 0 Å². The maximum absolute atomic E-state index is 13.9. The van der Waals surface area contributed by atoms with Gasteiger partial charge in [0.1, 0.15) is 11.7 Å². The molecule has 0 N–H and O–H groups in total. The molecule has 133 valence electrons. The molecule has 2 aromatic rings. The van der Waals surface area contributed by atoms with Crippen LogP contribution in [0.25, 0.3) is 0 Å². The van der Waals surface area contributed by atoms with Crippen LogP contribution in [0.3, 0.4) is 0 Å². The summed E-state index contributed by atoms with van der Waals surface area (Å²) in [6, 6.07) is 15.9. The van der Waals surface area contributed by atoms with Gasteiger partial charge in [-0.3, -0.25) is 19.5 Å². The summed E-state index contributed by atoms with van der Waals surface area (Å²) in [7, 11) is 0. The van der Waals surface area contributed by atoms with Crippen molar-refractivity contribution in [1.82, 2.24) is 4.90 Å². The molecule has 0 saturated heterocycles. The first-order chi connectivity index (χ1) is 12.5. The molecule has 1 aliphatic heterocycles. The number of benzene rings is 2.